The highest BCUT2D eigenvalue weighted by Crippen LogP contribution is 2.32. The summed E-state index contributed by atoms with van der Waals surface area (Å²) in [4.78, 5) is 12.4. The number of benzene rings is 1. The largest absolute Gasteiger partial charge is 0.573 e. The molecule has 6 heteroatoms. The van der Waals surface area contributed by atoms with Crippen LogP contribution in [0.5, 0.6) is 5.75 Å². The molecule has 1 aliphatic rings. The quantitative estimate of drug-likeness (QED) is 0.908. The van der Waals surface area contributed by atoms with E-state index >= 15 is 0 Å². The Morgan fingerprint density at radius 2 is 2.00 bits per heavy atom. The van der Waals surface area contributed by atoms with Gasteiger partial charge in [-0.1, -0.05) is 19.1 Å². The lowest BCUT2D eigenvalue weighted by atomic mass is 9.78. The van der Waals surface area contributed by atoms with Gasteiger partial charge in [0.25, 0.3) is 0 Å². The van der Waals surface area contributed by atoms with Crippen molar-refractivity contribution in [3.8, 4) is 5.75 Å². The van der Waals surface area contributed by atoms with Crippen LogP contribution in [0, 0.1) is 5.41 Å². The molecule has 0 radical (unpaired) electrons. The van der Waals surface area contributed by atoms with Gasteiger partial charge in [0, 0.05) is 18.4 Å². The van der Waals surface area contributed by atoms with Crippen LogP contribution in [-0.2, 0) is 11.2 Å². The Bertz CT molecular complexity index is 491. The number of carbonyl (C=O) groups excluding carboxylic acids is 1. The molecule has 0 saturated carbocycles. The molecule has 0 bridgehead atoms. The van der Waals surface area contributed by atoms with E-state index in [4.69, 9.17) is 0 Å². The molecule has 1 aromatic rings. The SMILES string of the molecule is CCC1(C(=O)Cc2ccc(OC(F)(F)F)cc2)CCNC1. The second kappa shape index (κ2) is 6.05. The predicted molar refractivity (Wildman–Crippen MR) is 72.0 cm³/mol. The van der Waals surface area contributed by atoms with Crippen LogP contribution in [-0.4, -0.2) is 25.2 Å². The molecular weight excluding hydrogens is 283 g/mol. The first-order chi connectivity index (χ1) is 9.85. The summed E-state index contributed by atoms with van der Waals surface area (Å²) >= 11 is 0. The van der Waals surface area contributed by atoms with E-state index < -0.39 is 6.36 Å². The molecule has 116 valence electrons. The van der Waals surface area contributed by atoms with Crippen molar-refractivity contribution in [3.05, 3.63) is 29.8 Å². The number of halogens is 3. The molecule has 0 spiro atoms. The van der Waals surface area contributed by atoms with Gasteiger partial charge in [-0.2, -0.15) is 0 Å². The maximum atomic E-state index is 12.4. The van der Waals surface area contributed by atoms with Gasteiger partial charge in [0.15, 0.2) is 0 Å². The molecule has 1 fully saturated rings. The van der Waals surface area contributed by atoms with Crippen molar-refractivity contribution < 1.29 is 22.7 Å². The van der Waals surface area contributed by atoms with Gasteiger partial charge >= 0.3 is 6.36 Å². The number of rotatable bonds is 5. The Kier molecular flexibility index (Phi) is 4.56. The summed E-state index contributed by atoms with van der Waals surface area (Å²) < 4.78 is 40.0. The van der Waals surface area contributed by atoms with Gasteiger partial charge in [-0.3, -0.25) is 4.79 Å². The minimum atomic E-state index is -4.70. The number of nitrogens with one attached hydrogen (secondary N) is 1. The van der Waals surface area contributed by atoms with E-state index in [0.29, 0.717) is 12.1 Å². The molecule has 1 heterocycles. The van der Waals surface area contributed by atoms with Gasteiger partial charge in [0.1, 0.15) is 11.5 Å². The highest BCUT2D eigenvalue weighted by atomic mass is 19.4. The second-order valence-corrected chi connectivity index (χ2v) is 5.35. The maximum Gasteiger partial charge on any atom is 0.573 e. The van der Waals surface area contributed by atoms with Crippen molar-refractivity contribution in [2.45, 2.75) is 32.5 Å². The van der Waals surface area contributed by atoms with Crippen molar-refractivity contribution in [3.63, 3.8) is 0 Å². The second-order valence-electron chi connectivity index (χ2n) is 5.35. The predicted octanol–water partition coefficient (Wildman–Crippen LogP) is 3.09. The maximum absolute atomic E-state index is 12.4. The first-order valence-corrected chi connectivity index (χ1v) is 6.93. The fourth-order valence-corrected chi connectivity index (χ4v) is 2.66. The number of hydrogen-bond donors (Lipinski definition) is 1. The van der Waals surface area contributed by atoms with Crippen LogP contribution in [0.15, 0.2) is 24.3 Å². The van der Waals surface area contributed by atoms with Gasteiger partial charge in [-0.25, -0.2) is 0 Å². The zero-order valence-corrected chi connectivity index (χ0v) is 11.8. The topological polar surface area (TPSA) is 38.3 Å². The highest BCUT2D eigenvalue weighted by molar-refractivity contribution is 5.87. The van der Waals surface area contributed by atoms with E-state index in [2.05, 4.69) is 10.1 Å². The Balaban J connectivity index is 2.01. The lowest BCUT2D eigenvalue weighted by Crippen LogP contribution is -2.34. The Morgan fingerprint density at radius 3 is 2.48 bits per heavy atom. The molecule has 21 heavy (non-hydrogen) atoms. The molecule has 0 amide bonds. The number of hydrogen-bond acceptors (Lipinski definition) is 3. The summed E-state index contributed by atoms with van der Waals surface area (Å²) in [6.07, 6.45) is -2.87. The minimum Gasteiger partial charge on any atom is -0.406 e. The summed E-state index contributed by atoms with van der Waals surface area (Å²) in [6, 6.07) is 5.48. The van der Waals surface area contributed by atoms with Crippen molar-refractivity contribution in [1.29, 1.82) is 0 Å². The zero-order chi connectivity index (χ0) is 15.5. The van der Waals surface area contributed by atoms with Gasteiger partial charge in [0.2, 0.25) is 0 Å². The van der Waals surface area contributed by atoms with Crippen molar-refractivity contribution in [2.75, 3.05) is 13.1 Å². The molecule has 1 aromatic carbocycles. The first-order valence-electron chi connectivity index (χ1n) is 6.93. The lowest BCUT2D eigenvalue weighted by molar-refractivity contribution is -0.274. The van der Waals surface area contributed by atoms with Gasteiger partial charge in [-0.15, -0.1) is 13.2 Å². The Labute approximate surface area is 121 Å². The number of alkyl halides is 3. The number of carbonyl (C=O) groups is 1. The Morgan fingerprint density at radius 1 is 1.33 bits per heavy atom. The normalized spacial score (nSPS) is 22.3. The van der Waals surface area contributed by atoms with Crippen molar-refractivity contribution in [1.82, 2.24) is 5.32 Å². The molecule has 1 atom stereocenters. The highest BCUT2D eigenvalue weighted by Gasteiger charge is 2.38. The number of ketones is 1. The van der Waals surface area contributed by atoms with Crippen LogP contribution in [0.2, 0.25) is 0 Å². The van der Waals surface area contributed by atoms with Gasteiger partial charge in [0.05, 0.1) is 0 Å². The summed E-state index contributed by atoms with van der Waals surface area (Å²) in [5.74, 6) is -0.133. The average Bonchev–Trinajstić information content (AvgIpc) is 2.89. The van der Waals surface area contributed by atoms with E-state index in [1.165, 1.54) is 24.3 Å². The van der Waals surface area contributed by atoms with E-state index in [0.717, 1.165) is 19.4 Å². The fraction of sp³-hybridized carbons (Fsp3) is 0.533. The van der Waals surface area contributed by atoms with E-state index in [1.54, 1.807) is 0 Å². The average molecular weight is 301 g/mol. The van der Waals surface area contributed by atoms with E-state index in [9.17, 15) is 18.0 Å². The third-order valence-electron chi connectivity index (χ3n) is 4.03. The van der Waals surface area contributed by atoms with Crippen LogP contribution < -0.4 is 10.1 Å². The van der Waals surface area contributed by atoms with Gasteiger partial charge in [-0.05, 0) is 37.1 Å². The zero-order valence-electron chi connectivity index (χ0n) is 11.8. The monoisotopic (exact) mass is 301 g/mol. The standard InChI is InChI=1S/C15H18F3NO2/c1-2-14(7-8-19-10-14)13(20)9-11-3-5-12(6-4-11)21-15(16,17)18/h3-6,19H,2,7-10H2,1H3. The first kappa shape index (κ1) is 15.8. The summed E-state index contributed by atoms with van der Waals surface area (Å²) in [6.45, 7) is 3.50. The molecule has 1 N–H and O–H groups in total. The van der Waals surface area contributed by atoms with E-state index in [-0.39, 0.29) is 23.4 Å². The number of Topliss-reactive ketones (excluding diaryl/α,β-unsaturated/α-hetero) is 1. The third-order valence-corrected chi connectivity index (χ3v) is 4.03. The van der Waals surface area contributed by atoms with Gasteiger partial charge < -0.3 is 10.1 Å². The third kappa shape index (κ3) is 3.97. The summed E-state index contributed by atoms with van der Waals surface area (Å²) in [7, 11) is 0. The smallest absolute Gasteiger partial charge is 0.406 e. The number of ether oxygens (including phenoxy) is 1. The Hall–Kier alpha value is -1.56. The lowest BCUT2D eigenvalue weighted by Gasteiger charge is -2.24. The molecule has 2 rings (SSSR count). The van der Waals surface area contributed by atoms with Crippen molar-refractivity contribution in [2.24, 2.45) is 5.41 Å². The van der Waals surface area contributed by atoms with E-state index in [1.807, 2.05) is 6.92 Å². The van der Waals surface area contributed by atoms with Crippen LogP contribution in [0.3, 0.4) is 0 Å². The molecule has 0 aromatic heterocycles. The molecule has 0 aliphatic carbocycles. The molecule has 1 saturated heterocycles. The van der Waals surface area contributed by atoms with Crippen LogP contribution in [0.25, 0.3) is 0 Å². The molecule has 3 nitrogen and oxygen atoms in total. The van der Waals surface area contributed by atoms with Crippen LogP contribution in [0.4, 0.5) is 13.2 Å². The minimum absolute atomic E-state index is 0.138. The molecular formula is C15H18F3NO2. The molecule has 1 aliphatic heterocycles. The van der Waals surface area contributed by atoms with Crippen LogP contribution in [0.1, 0.15) is 25.3 Å². The van der Waals surface area contributed by atoms with Crippen molar-refractivity contribution >= 4 is 5.78 Å². The fourth-order valence-electron chi connectivity index (χ4n) is 2.66. The summed E-state index contributed by atoms with van der Waals surface area (Å²) in [5.41, 5.74) is 0.371. The van der Waals surface area contributed by atoms with Crippen LogP contribution >= 0.6 is 0 Å². The summed E-state index contributed by atoms with van der Waals surface area (Å²) in [5, 5.41) is 3.20. The molecule has 1 unspecified atom stereocenters.